The molecule has 1 heterocycles. The molecule has 0 radical (unpaired) electrons. The van der Waals surface area contributed by atoms with Gasteiger partial charge in [0.1, 0.15) is 5.88 Å². The maximum absolute atomic E-state index is 11.5. The summed E-state index contributed by atoms with van der Waals surface area (Å²) in [6.07, 6.45) is 2.39. The van der Waals surface area contributed by atoms with Gasteiger partial charge in [0.15, 0.2) is 0 Å². The quantitative estimate of drug-likeness (QED) is 0.685. The van der Waals surface area contributed by atoms with E-state index in [0.717, 1.165) is 26.2 Å². The summed E-state index contributed by atoms with van der Waals surface area (Å²) in [7, 11) is 2.15. The summed E-state index contributed by atoms with van der Waals surface area (Å²) >= 11 is 5.57. The molecule has 0 unspecified atom stereocenters. The van der Waals surface area contributed by atoms with Crippen LogP contribution >= 0.6 is 11.6 Å². The van der Waals surface area contributed by atoms with Crippen LogP contribution in [-0.4, -0.2) is 54.8 Å². The fraction of sp³-hybridized carbons (Fsp3) is 0.909. The van der Waals surface area contributed by atoms with Crippen molar-refractivity contribution in [2.24, 2.45) is 5.92 Å². The lowest BCUT2D eigenvalue weighted by Crippen LogP contribution is -2.40. The minimum Gasteiger partial charge on any atom is -0.342 e. The molecule has 0 aliphatic carbocycles. The second-order valence-corrected chi connectivity index (χ2v) is 4.58. The van der Waals surface area contributed by atoms with Gasteiger partial charge in [0.05, 0.1) is 0 Å². The monoisotopic (exact) mass is 232 g/mol. The highest BCUT2D eigenvalue weighted by atomic mass is 35.5. The van der Waals surface area contributed by atoms with E-state index >= 15 is 0 Å². The van der Waals surface area contributed by atoms with E-state index in [4.69, 9.17) is 11.6 Å². The summed E-state index contributed by atoms with van der Waals surface area (Å²) in [5.74, 6) is 0.840. The Balaban J connectivity index is 2.35. The number of nitrogens with zero attached hydrogens (tertiary/aromatic N) is 2. The van der Waals surface area contributed by atoms with Gasteiger partial charge in [-0.3, -0.25) is 4.79 Å². The van der Waals surface area contributed by atoms with Gasteiger partial charge in [0, 0.05) is 13.1 Å². The fourth-order valence-corrected chi connectivity index (χ4v) is 2.22. The molecule has 0 aromatic heterocycles. The lowest BCUT2D eigenvalue weighted by atomic mass is 9.96. The zero-order chi connectivity index (χ0) is 11.3. The number of carbonyl (C=O) groups excluding carboxylic acids is 1. The van der Waals surface area contributed by atoms with Crippen molar-refractivity contribution in [3.63, 3.8) is 0 Å². The summed E-state index contributed by atoms with van der Waals surface area (Å²) in [6.45, 7) is 5.97. The maximum atomic E-state index is 11.5. The van der Waals surface area contributed by atoms with Crippen molar-refractivity contribution in [3.8, 4) is 0 Å². The van der Waals surface area contributed by atoms with Gasteiger partial charge in [-0.2, -0.15) is 0 Å². The smallest absolute Gasteiger partial charge is 0.237 e. The lowest BCUT2D eigenvalue weighted by molar-refractivity contribution is -0.129. The molecular formula is C11H21ClN2O. The third kappa shape index (κ3) is 3.99. The zero-order valence-electron chi connectivity index (χ0n) is 9.71. The van der Waals surface area contributed by atoms with Crippen molar-refractivity contribution in [2.75, 3.05) is 39.1 Å². The predicted molar refractivity (Wildman–Crippen MR) is 63.2 cm³/mol. The molecule has 0 N–H and O–H groups in total. The number of rotatable bonds is 4. The summed E-state index contributed by atoms with van der Waals surface area (Å²) in [5, 5.41) is 0. The average molecular weight is 233 g/mol. The first-order valence-corrected chi connectivity index (χ1v) is 6.23. The third-order valence-electron chi connectivity index (χ3n) is 3.17. The van der Waals surface area contributed by atoms with E-state index in [1.807, 2.05) is 11.8 Å². The molecule has 4 heteroatoms. The number of carbonyl (C=O) groups is 1. The van der Waals surface area contributed by atoms with Gasteiger partial charge >= 0.3 is 0 Å². The largest absolute Gasteiger partial charge is 0.342 e. The van der Waals surface area contributed by atoms with Crippen molar-refractivity contribution in [2.45, 2.75) is 19.8 Å². The van der Waals surface area contributed by atoms with Crippen molar-refractivity contribution < 1.29 is 4.79 Å². The van der Waals surface area contributed by atoms with E-state index in [-0.39, 0.29) is 11.8 Å². The molecule has 88 valence electrons. The average Bonchev–Trinajstić information content (AvgIpc) is 2.27. The van der Waals surface area contributed by atoms with Gasteiger partial charge in [-0.15, -0.1) is 11.6 Å². The maximum Gasteiger partial charge on any atom is 0.237 e. The van der Waals surface area contributed by atoms with E-state index in [9.17, 15) is 4.79 Å². The molecule has 3 nitrogen and oxygen atoms in total. The fourth-order valence-electron chi connectivity index (χ4n) is 2.05. The van der Waals surface area contributed by atoms with Gasteiger partial charge in [-0.05, 0) is 45.8 Å². The number of amides is 1. The van der Waals surface area contributed by atoms with Crippen LogP contribution in [0.5, 0.6) is 0 Å². The Labute approximate surface area is 97.4 Å². The van der Waals surface area contributed by atoms with Crippen LogP contribution in [0.2, 0.25) is 0 Å². The summed E-state index contributed by atoms with van der Waals surface area (Å²) in [4.78, 5) is 15.7. The highest BCUT2D eigenvalue weighted by Crippen LogP contribution is 2.17. The first kappa shape index (κ1) is 12.8. The standard InChI is InChI=1S/C11H21ClN2O/c1-3-14(11(15)8-12)9-10-4-6-13(2)7-5-10/h10H,3-9H2,1-2H3. The van der Waals surface area contributed by atoms with Gasteiger partial charge in [-0.25, -0.2) is 0 Å². The minimum absolute atomic E-state index is 0.0677. The summed E-state index contributed by atoms with van der Waals surface area (Å²) in [5.41, 5.74) is 0. The van der Waals surface area contributed by atoms with Crippen LogP contribution in [0.3, 0.4) is 0 Å². The van der Waals surface area contributed by atoms with Crippen molar-refractivity contribution >= 4 is 17.5 Å². The van der Waals surface area contributed by atoms with E-state index < -0.39 is 0 Å². The molecule has 1 amide bonds. The zero-order valence-corrected chi connectivity index (χ0v) is 10.5. The Morgan fingerprint density at radius 2 is 2.07 bits per heavy atom. The van der Waals surface area contributed by atoms with Crippen LogP contribution < -0.4 is 0 Å². The molecule has 0 saturated carbocycles. The molecule has 1 aliphatic heterocycles. The number of hydrogen-bond acceptors (Lipinski definition) is 2. The topological polar surface area (TPSA) is 23.6 Å². The molecule has 0 atom stereocenters. The third-order valence-corrected chi connectivity index (χ3v) is 3.39. The number of hydrogen-bond donors (Lipinski definition) is 0. The number of likely N-dealkylation sites (tertiary alicyclic amines) is 1. The molecule has 0 spiro atoms. The molecule has 1 fully saturated rings. The van der Waals surface area contributed by atoms with E-state index in [2.05, 4.69) is 11.9 Å². The van der Waals surface area contributed by atoms with Crippen LogP contribution in [0.25, 0.3) is 0 Å². The summed E-state index contributed by atoms with van der Waals surface area (Å²) < 4.78 is 0. The van der Waals surface area contributed by atoms with Gasteiger partial charge in [0.25, 0.3) is 0 Å². The predicted octanol–water partition coefficient (Wildman–Crippen LogP) is 1.42. The van der Waals surface area contributed by atoms with Crippen molar-refractivity contribution in [3.05, 3.63) is 0 Å². The van der Waals surface area contributed by atoms with Gasteiger partial charge in [-0.1, -0.05) is 0 Å². The molecule has 0 aromatic carbocycles. The number of piperidine rings is 1. The van der Waals surface area contributed by atoms with Crippen molar-refractivity contribution in [1.29, 1.82) is 0 Å². The Morgan fingerprint density at radius 1 is 1.47 bits per heavy atom. The Kier molecular flexibility index (Phi) is 5.40. The molecule has 15 heavy (non-hydrogen) atoms. The second kappa shape index (κ2) is 6.33. The molecule has 1 rings (SSSR count). The SMILES string of the molecule is CCN(CC1CCN(C)CC1)C(=O)CCl. The first-order chi connectivity index (χ1) is 7.17. The Hall–Kier alpha value is -0.280. The summed E-state index contributed by atoms with van der Waals surface area (Å²) in [6, 6.07) is 0. The highest BCUT2D eigenvalue weighted by Gasteiger charge is 2.20. The second-order valence-electron chi connectivity index (χ2n) is 4.31. The number of alkyl halides is 1. The van der Waals surface area contributed by atoms with Crippen LogP contribution in [0.4, 0.5) is 0 Å². The van der Waals surface area contributed by atoms with Gasteiger partial charge in [0.2, 0.25) is 5.91 Å². The molecular weight excluding hydrogens is 212 g/mol. The highest BCUT2D eigenvalue weighted by molar-refractivity contribution is 6.27. The van der Waals surface area contributed by atoms with E-state index in [1.165, 1.54) is 12.8 Å². The first-order valence-electron chi connectivity index (χ1n) is 5.69. The molecule has 0 aromatic rings. The van der Waals surface area contributed by atoms with Crippen LogP contribution in [0.1, 0.15) is 19.8 Å². The molecule has 1 aliphatic rings. The van der Waals surface area contributed by atoms with Crippen molar-refractivity contribution in [1.82, 2.24) is 9.80 Å². The normalized spacial score (nSPS) is 19.1. The van der Waals surface area contributed by atoms with E-state index in [0.29, 0.717) is 5.92 Å². The Morgan fingerprint density at radius 3 is 2.53 bits per heavy atom. The van der Waals surface area contributed by atoms with Crippen LogP contribution in [-0.2, 0) is 4.79 Å². The Bertz CT molecular complexity index is 203. The molecule has 1 saturated heterocycles. The van der Waals surface area contributed by atoms with Gasteiger partial charge < -0.3 is 9.80 Å². The number of halogens is 1. The van der Waals surface area contributed by atoms with Crippen LogP contribution in [0, 0.1) is 5.92 Å². The van der Waals surface area contributed by atoms with Crippen LogP contribution in [0.15, 0.2) is 0 Å². The lowest BCUT2D eigenvalue weighted by Gasteiger charge is -2.32. The molecule has 0 bridgehead atoms. The van der Waals surface area contributed by atoms with E-state index in [1.54, 1.807) is 0 Å². The minimum atomic E-state index is 0.0677.